The number of fused-ring (bicyclic) bond motifs is 1. The number of Topliss-reactive ketones (excluding diaryl/α,β-unsaturated/α-hetero) is 1. The van der Waals surface area contributed by atoms with E-state index in [2.05, 4.69) is 0 Å². The van der Waals surface area contributed by atoms with Gasteiger partial charge in [0.15, 0.2) is 5.16 Å². The molecule has 1 aliphatic carbocycles. The van der Waals surface area contributed by atoms with Crippen LogP contribution in [-0.4, -0.2) is 33.3 Å². The summed E-state index contributed by atoms with van der Waals surface area (Å²) in [6.45, 7) is 1.22. The highest BCUT2D eigenvalue weighted by Gasteiger charge is 2.27. The molecule has 26 heavy (non-hydrogen) atoms. The van der Waals surface area contributed by atoms with Gasteiger partial charge in [-0.3, -0.25) is 14.2 Å². The lowest BCUT2D eigenvalue weighted by molar-refractivity contribution is -0.119. The average molecular weight is 393 g/mol. The Hall–Kier alpha value is -1.37. The largest absolute Gasteiger partial charge is 0.376 e. The van der Waals surface area contributed by atoms with Gasteiger partial charge in [0.1, 0.15) is 5.78 Å². The molecule has 4 rings (SSSR count). The summed E-state index contributed by atoms with van der Waals surface area (Å²) in [6, 6.07) is 5.14. The van der Waals surface area contributed by atoms with E-state index < -0.39 is 0 Å². The Kier molecular flexibility index (Phi) is 5.34. The number of halogens is 1. The van der Waals surface area contributed by atoms with Gasteiger partial charge < -0.3 is 4.74 Å². The lowest BCUT2D eigenvalue weighted by Crippen LogP contribution is -2.30. The van der Waals surface area contributed by atoms with Crippen LogP contribution in [0.3, 0.4) is 0 Å². The first kappa shape index (κ1) is 18.0. The van der Waals surface area contributed by atoms with Crippen molar-refractivity contribution >= 4 is 40.0 Å². The van der Waals surface area contributed by atoms with Crippen molar-refractivity contribution in [2.24, 2.45) is 0 Å². The quantitative estimate of drug-likeness (QED) is 0.740. The van der Waals surface area contributed by atoms with Crippen molar-refractivity contribution in [3.05, 3.63) is 33.6 Å². The molecule has 138 valence electrons. The number of carbonyl (C=O) groups is 1. The lowest BCUT2D eigenvalue weighted by atomic mass is 9.99. The van der Waals surface area contributed by atoms with Crippen LogP contribution in [0.25, 0.3) is 10.9 Å². The fraction of sp³-hybridized carbons (Fsp3) is 0.526. The highest BCUT2D eigenvalue weighted by molar-refractivity contribution is 8.00. The van der Waals surface area contributed by atoms with Crippen molar-refractivity contribution < 1.29 is 9.53 Å². The molecule has 2 aromatic rings. The lowest BCUT2D eigenvalue weighted by Gasteiger charge is -2.22. The third-order valence-electron chi connectivity index (χ3n) is 5.04. The molecular weight excluding hydrogens is 372 g/mol. The van der Waals surface area contributed by atoms with E-state index in [1.807, 2.05) is 0 Å². The Morgan fingerprint density at radius 2 is 2.12 bits per heavy atom. The Morgan fingerprint density at radius 3 is 2.88 bits per heavy atom. The normalized spacial score (nSPS) is 23.7. The third-order valence-corrected chi connectivity index (χ3v) is 6.58. The molecule has 0 unspecified atom stereocenters. The summed E-state index contributed by atoms with van der Waals surface area (Å²) >= 11 is 7.51. The summed E-state index contributed by atoms with van der Waals surface area (Å²) in [6.07, 6.45) is 5.44. The fourth-order valence-corrected chi connectivity index (χ4v) is 5.01. The minimum Gasteiger partial charge on any atom is -0.376 e. The van der Waals surface area contributed by atoms with Crippen LogP contribution in [0.1, 0.15) is 38.5 Å². The Bertz CT molecular complexity index is 892. The van der Waals surface area contributed by atoms with Gasteiger partial charge in [-0.05, 0) is 43.9 Å². The molecule has 0 bridgehead atoms. The molecule has 1 aliphatic heterocycles. The van der Waals surface area contributed by atoms with Gasteiger partial charge in [-0.2, -0.15) is 0 Å². The van der Waals surface area contributed by atoms with Crippen molar-refractivity contribution in [1.82, 2.24) is 9.55 Å². The van der Waals surface area contributed by atoms with Crippen molar-refractivity contribution in [3.8, 4) is 0 Å². The molecule has 0 N–H and O–H groups in total. The second-order valence-corrected chi connectivity index (χ2v) is 8.53. The van der Waals surface area contributed by atoms with Crippen LogP contribution in [0, 0.1) is 0 Å². The van der Waals surface area contributed by atoms with Gasteiger partial charge in [-0.15, -0.1) is 0 Å². The molecule has 0 radical (unpaired) electrons. The van der Waals surface area contributed by atoms with Gasteiger partial charge in [0, 0.05) is 18.1 Å². The maximum Gasteiger partial charge on any atom is 0.262 e. The number of hydrogen-bond acceptors (Lipinski definition) is 5. The van der Waals surface area contributed by atoms with E-state index in [-0.39, 0.29) is 22.7 Å². The van der Waals surface area contributed by atoms with E-state index in [1.165, 1.54) is 11.8 Å². The SMILES string of the molecule is O=C1CCCC[C@H]1Sc1nc2cc(Cl)ccc2c(=O)n1C[C@@H]1CCCO1. The summed E-state index contributed by atoms with van der Waals surface area (Å²) in [7, 11) is 0. The summed E-state index contributed by atoms with van der Waals surface area (Å²) < 4.78 is 7.42. The molecule has 2 aliphatic rings. The minimum atomic E-state index is -0.122. The number of ketones is 1. The zero-order valence-corrected chi connectivity index (χ0v) is 16.0. The Morgan fingerprint density at radius 1 is 1.23 bits per heavy atom. The van der Waals surface area contributed by atoms with Crippen molar-refractivity contribution in [2.45, 2.75) is 61.6 Å². The number of carbonyl (C=O) groups excluding carboxylic acids is 1. The van der Waals surface area contributed by atoms with Gasteiger partial charge >= 0.3 is 0 Å². The number of ether oxygens (including phenoxy) is 1. The number of rotatable bonds is 4. The zero-order chi connectivity index (χ0) is 18.1. The van der Waals surface area contributed by atoms with Gasteiger partial charge in [-0.1, -0.05) is 29.8 Å². The monoisotopic (exact) mass is 392 g/mol. The Balaban J connectivity index is 1.76. The molecule has 1 aromatic carbocycles. The van der Waals surface area contributed by atoms with E-state index >= 15 is 0 Å². The predicted molar refractivity (Wildman–Crippen MR) is 103 cm³/mol. The highest BCUT2D eigenvalue weighted by Crippen LogP contribution is 2.31. The van der Waals surface area contributed by atoms with Crippen LogP contribution in [0.2, 0.25) is 5.02 Å². The van der Waals surface area contributed by atoms with Crippen LogP contribution in [0.5, 0.6) is 0 Å². The van der Waals surface area contributed by atoms with Gasteiger partial charge in [-0.25, -0.2) is 4.98 Å². The highest BCUT2D eigenvalue weighted by atomic mass is 35.5. The number of nitrogens with zero attached hydrogens (tertiary/aromatic N) is 2. The van der Waals surface area contributed by atoms with Crippen LogP contribution >= 0.6 is 23.4 Å². The van der Waals surface area contributed by atoms with Crippen LogP contribution in [0.15, 0.2) is 28.2 Å². The molecule has 2 heterocycles. The van der Waals surface area contributed by atoms with E-state index in [1.54, 1.807) is 22.8 Å². The fourth-order valence-electron chi connectivity index (χ4n) is 3.62. The summed E-state index contributed by atoms with van der Waals surface area (Å²) in [5, 5.41) is 1.57. The molecule has 5 nitrogen and oxygen atoms in total. The predicted octanol–water partition coefficient (Wildman–Crippen LogP) is 3.83. The van der Waals surface area contributed by atoms with Gasteiger partial charge in [0.05, 0.1) is 28.8 Å². The number of benzene rings is 1. The smallest absolute Gasteiger partial charge is 0.262 e. The number of aromatic nitrogens is 2. The van der Waals surface area contributed by atoms with E-state index in [9.17, 15) is 9.59 Å². The maximum absolute atomic E-state index is 13.1. The molecule has 1 saturated heterocycles. The molecule has 0 amide bonds. The average Bonchev–Trinajstić information content (AvgIpc) is 3.13. The van der Waals surface area contributed by atoms with Crippen LogP contribution < -0.4 is 5.56 Å². The van der Waals surface area contributed by atoms with Gasteiger partial charge in [0.2, 0.25) is 0 Å². The first-order valence-corrected chi connectivity index (χ1v) is 10.4. The summed E-state index contributed by atoms with van der Waals surface area (Å²) in [5.74, 6) is 0.255. The van der Waals surface area contributed by atoms with E-state index in [0.29, 0.717) is 34.0 Å². The number of thioether (sulfide) groups is 1. The molecule has 1 aromatic heterocycles. The second kappa shape index (κ2) is 7.71. The molecular formula is C19H21ClN2O3S. The first-order chi connectivity index (χ1) is 12.6. The summed E-state index contributed by atoms with van der Waals surface area (Å²) in [4.78, 5) is 30.1. The van der Waals surface area contributed by atoms with E-state index in [0.717, 1.165) is 38.7 Å². The van der Waals surface area contributed by atoms with Gasteiger partial charge in [0.25, 0.3) is 5.56 Å². The standard InChI is InChI=1S/C19H21ClN2O3S/c20-12-7-8-14-15(10-12)21-19(26-17-6-2-1-5-16(17)23)22(18(14)24)11-13-4-3-9-25-13/h7-8,10,13,17H,1-6,9,11H2/t13-,17+/m0/s1. The third kappa shape index (κ3) is 3.68. The van der Waals surface area contributed by atoms with Crippen molar-refractivity contribution in [2.75, 3.05) is 6.61 Å². The van der Waals surface area contributed by atoms with Crippen molar-refractivity contribution in [3.63, 3.8) is 0 Å². The zero-order valence-electron chi connectivity index (χ0n) is 14.4. The molecule has 7 heteroatoms. The second-order valence-electron chi connectivity index (χ2n) is 6.93. The van der Waals surface area contributed by atoms with Crippen LogP contribution in [-0.2, 0) is 16.1 Å². The number of hydrogen-bond donors (Lipinski definition) is 0. The molecule has 2 fully saturated rings. The van der Waals surface area contributed by atoms with Crippen LogP contribution in [0.4, 0.5) is 0 Å². The molecule has 1 saturated carbocycles. The molecule has 0 spiro atoms. The molecule has 2 atom stereocenters. The first-order valence-electron chi connectivity index (χ1n) is 9.13. The Labute approximate surface area is 161 Å². The van der Waals surface area contributed by atoms with E-state index in [4.69, 9.17) is 21.3 Å². The maximum atomic E-state index is 13.1. The van der Waals surface area contributed by atoms with Crippen molar-refractivity contribution in [1.29, 1.82) is 0 Å². The minimum absolute atomic E-state index is 0.0284. The topological polar surface area (TPSA) is 61.2 Å². The summed E-state index contributed by atoms with van der Waals surface area (Å²) in [5.41, 5.74) is 0.491.